The van der Waals surface area contributed by atoms with Crippen molar-refractivity contribution in [1.29, 1.82) is 0 Å². The molecular formula is C23H24N2O6S. The van der Waals surface area contributed by atoms with Crippen LogP contribution in [0.4, 0.5) is 0 Å². The van der Waals surface area contributed by atoms with Gasteiger partial charge in [0.1, 0.15) is 0 Å². The first-order chi connectivity index (χ1) is 15.3. The third-order valence-electron chi connectivity index (χ3n) is 4.59. The maximum Gasteiger partial charge on any atom is 0.349 e. The van der Waals surface area contributed by atoms with E-state index < -0.39 is 28.4 Å². The van der Waals surface area contributed by atoms with Gasteiger partial charge in [0.15, 0.2) is 12.4 Å². The van der Waals surface area contributed by atoms with Gasteiger partial charge in [-0.25, -0.2) is 13.2 Å². The molecule has 0 fully saturated rings. The largest absolute Gasteiger partial charge is 0.450 e. The summed E-state index contributed by atoms with van der Waals surface area (Å²) in [5, 5.41) is 2.44. The van der Waals surface area contributed by atoms with Crippen molar-refractivity contribution >= 4 is 28.5 Å². The Morgan fingerprint density at radius 1 is 1.00 bits per heavy atom. The van der Waals surface area contributed by atoms with Crippen molar-refractivity contribution in [3.8, 4) is 12.3 Å². The first kappa shape index (κ1) is 24.8. The first-order valence-electron chi connectivity index (χ1n) is 9.88. The average molecular weight is 457 g/mol. The normalized spacial score (nSPS) is 12.4. The molecule has 1 atom stereocenters. The van der Waals surface area contributed by atoms with E-state index in [1.165, 1.54) is 24.3 Å². The van der Waals surface area contributed by atoms with Crippen LogP contribution in [0, 0.1) is 12.3 Å². The topological polar surface area (TPSA) is 119 Å². The van der Waals surface area contributed by atoms with E-state index in [4.69, 9.17) is 11.2 Å². The van der Waals surface area contributed by atoms with Crippen molar-refractivity contribution in [1.82, 2.24) is 10.0 Å². The van der Waals surface area contributed by atoms with Gasteiger partial charge < -0.3 is 10.1 Å². The molecule has 2 rings (SSSR count). The van der Waals surface area contributed by atoms with Crippen molar-refractivity contribution in [2.75, 3.05) is 6.61 Å². The third kappa shape index (κ3) is 6.51. The number of ketones is 1. The minimum atomic E-state index is -3.25. The van der Waals surface area contributed by atoms with Crippen molar-refractivity contribution < 1.29 is 27.5 Å². The molecule has 168 valence electrons. The van der Waals surface area contributed by atoms with E-state index in [9.17, 15) is 22.8 Å². The molecule has 0 spiro atoms. The number of thiol groups is 1. The molecule has 1 amide bonds. The Bertz CT molecular complexity index is 1070. The van der Waals surface area contributed by atoms with E-state index in [-0.39, 0.29) is 24.4 Å². The summed E-state index contributed by atoms with van der Waals surface area (Å²) in [4.78, 5) is 38.0. The highest BCUT2D eigenvalue weighted by molar-refractivity contribution is 7.70. The van der Waals surface area contributed by atoms with E-state index in [1.54, 1.807) is 30.3 Å². The number of amides is 1. The Morgan fingerprint density at radius 2 is 1.59 bits per heavy atom. The summed E-state index contributed by atoms with van der Waals surface area (Å²) in [6.07, 6.45) is 6.13. The summed E-state index contributed by atoms with van der Waals surface area (Å²) in [6, 6.07) is 14.5. The van der Waals surface area contributed by atoms with Gasteiger partial charge in [0.05, 0.1) is 0 Å². The van der Waals surface area contributed by atoms with Gasteiger partial charge in [-0.05, 0) is 25.0 Å². The molecule has 0 aromatic heterocycles. The number of hydrogen-bond acceptors (Lipinski definition) is 6. The predicted molar refractivity (Wildman–Crippen MR) is 119 cm³/mol. The van der Waals surface area contributed by atoms with Gasteiger partial charge in [0.25, 0.3) is 5.91 Å². The van der Waals surface area contributed by atoms with Crippen LogP contribution in [-0.4, -0.2) is 38.3 Å². The van der Waals surface area contributed by atoms with Gasteiger partial charge in [0, 0.05) is 16.7 Å². The molecule has 0 bridgehead atoms. The van der Waals surface area contributed by atoms with Gasteiger partial charge in [-0.1, -0.05) is 61.7 Å². The van der Waals surface area contributed by atoms with Gasteiger partial charge in [0.2, 0.25) is 16.6 Å². The number of ether oxygens (including phenoxy) is 1. The quantitative estimate of drug-likeness (QED) is 0.156. The lowest BCUT2D eigenvalue weighted by atomic mass is 10.0. The van der Waals surface area contributed by atoms with E-state index in [1.807, 2.05) is 6.92 Å². The van der Waals surface area contributed by atoms with Crippen LogP contribution in [0.3, 0.4) is 0 Å². The standard InChI is InChI=1S/C23H24N2O6S/c1-3-5-15-23(25-32(29)30,22(28)31-16-4-2)24-21(27)19-13-11-18(12-14-19)20(26)17-9-7-6-8-10-17/h2,6-14,32H,3,5,15-16H2,1H3,(H,24,27)(H,25,29,30). The predicted octanol–water partition coefficient (Wildman–Crippen LogP) is 1.83. The zero-order valence-electron chi connectivity index (χ0n) is 17.5. The Kier molecular flexibility index (Phi) is 9.13. The average Bonchev–Trinajstić information content (AvgIpc) is 2.80. The van der Waals surface area contributed by atoms with E-state index >= 15 is 0 Å². The Hall–Kier alpha value is -3.48. The molecule has 0 aliphatic rings. The Labute approximate surface area is 188 Å². The summed E-state index contributed by atoms with van der Waals surface area (Å²) in [5.41, 5.74) is -0.997. The van der Waals surface area contributed by atoms with Crippen molar-refractivity contribution in [2.24, 2.45) is 0 Å². The summed E-state index contributed by atoms with van der Waals surface area (Å²) < 4.78 is 29.9. The van der Waals surface area contributed by atoms with Crippen LogP contribution < -0.4 is 10.0 Å². The lowest BCUT2D eigenvalue weighted by Gasteiger charge is -2.31. The summed E-state index contributed by atoms with van der Waals surface area (Å²) in [7, 11) is -3.25. The minimum absolute atomic E-state index is 0.0352. The van der Waals surface area contributed by atoms with Gasteiger partial charge >= 0.3 is 5.97 Å². The van der Waals surface area contributed by atoms with Crippen LogP contribution in [0.1, 0.15) is 52.5 Å². The number of carbonyl (C=O) groups is 3. The number of terminal acetylenes is 1. The van der Waals surface area contributed by atoms with Gasteiger partial charge in [-0.15, -0.1) is 6.42 Å². The van der Waals surface area contributed by atoms with Crippen LogP contribution >= 0.6 is 0 Å². The lowest BCUT2D eigenvalue weighted by Crippen LogP contribution is -2.64. The van der Waals surface area contributed by atoms with E-state index in [0.717, 1.165) is 0 Å². The molecule has 32 heavy (non-hydrogen) atoms. The molecule has 0 heterocycles. The summed E-state index contributed by atoms with van der Waals surface area (Å²) >= 11 is 0. The number of esters is 1. The smallest absolute Gasteiger partial charge is 0.349 e. The Morgan fingerprint density at radius 3 is 2.16 bits per heavy atom. The second-order valence-corrected chi connectivity index (χ2v) is 7.62. The maximum atomic E-state index is 12.9. The number of rotatable bonds is 11. The number of hydrogen-bond donors (Lipinski definition) is 3. The highest BCUT2D eigenvalue weighted by Crippen LogP contribution is 2.17. The molecule has 2 N–H and O–H groups in total. The van der Waals surface area contributed by atoms with Crippen molar-refractivity contribution in [2.45, 2.75) is 31.8 Å². The van der Waals surface area contributed by atoms with Gasteiger partial charge in [-0.2, -0.15) is 4.72 Å². The monoisotopic (exact) mass is 456 g/mol. The van der Waals surface area contributed by atoms with E-state index in [2.05, 4.69) is 16.0 Å². The lowest BCUT2D eigenvalue weighted by molar-refractivity contribution is -0.150. The molecule has 1 unspecified atom stereocenters. The Balaban J connectivity index is 2.28. The van der Waals surface area contributed by atoms with Crippen LogP contribution in [0.15, 0.2) is 54.6 Å². The SMILES string of the molecule is C#CCOC(=O)C(CCCC)(NC(=O)c1ccc(C(=O)c2ccccc2)cc1)N[SH](=O)=O. The van der Waals surface area contributed by atoms with Crippen LogP contribution in [0.5, 0.6) is 0 Å². The number of unbranched alkanes of at least 4 members (excludes halogenated alkanes) is 1. The number of nitrogens with one attached hydrogen (secondary N) is 2. The van der Waals surface area contributed by atoms with E-state index in [0.29, 0.717) is 24.0 Å². The molecule has 9 heteroatoms. The van der Waals surface area contributed by atoms with Crippen LogP contribution in [-0.2, 0) is 20.4 Å². The highest BCUT2D eigenvalue weighted by Gasteiger charge is 2.42. The van der Waals surface area contributed by atoms with Crippen molar-refractivity contribution in [3.05, 3.63) is 71.3 Å². The zero-order valence-corrected chi connectivity index (χ0v) is 18.4. The number of benzene rings is 2. The third-order valence-corrected chi connectivity index (χ3v) is 5.16. The fraction of sp³-hybridized carbons (Fsp3) is 0.261. The number of carbonyl (C=O) groups excluding carboxylic acids is 3. The molecule has 0 radical (unpaired) electrons. The summed E-state index contributed by atoms with van der Waals surface area (Å²) in [5.74, 6) is 0.191. The molecular weight excluding hydrogens is 432 g/mol. The molecule has 8 nitrogen and oxygen atoms in total. The molecule has 0 aliphatic carbocycles. The van der Waals surface area contributed by atoms with Crippen LogP contribution in [0.25, 0.3) is 0 Å². The molecule has 0 saturated carbocycles. The van der Waals surface area contributed by atoms with Crippen molar-refractivity contribution in [3.63, 3.8) is 0 Å². The van der Waals surface area contributed by atoms with Crippen LogP contribution in [0.2, 0.25) is 0 Å². The molecule has 2 aromatic rings. The molecule has 2 aromatic carbocycles. The minimum Gasteiger partial charge on any atom is -0.450 e. The second kappa shape index (κ2) is 11.8. The van der Waals surface area contributed by atoms with Gasteiger partial charge in [-0.3, -0.25) is 9.59 Å². The molecule has 0 saturated heterocycles. The highest BCUT2D eigenvalue weighted by atomic mass is 32.2. The fourth-order valence-electron chi connectivity index (χ4n) is 2.97. The molecule has 0 aliphatic heterocycles. The first-order valence-corrected chi connectivity index (χ1v) is 11.1. The second-order valence-electron chi connectivity index (χ2n) is 6.88. The summed E-state index contributed by atoms with van der Waals surface area (Å²) in [6.45, 7) is 1.47. The fourth-order valence-corrected chi connectivity index (χ4v) is 3.54. The maximum absolute atomic E-state index is 12.9. The zero-order chi connectivity index (χ0) is 23.6.